The fraction of sp³-hybridized carbons (Fsp3) is 0.286. The summed E-state index contributed by atoms with van der Waals surface area (Å²) >= 11 is 0. The smallest absolute Gasteiger partial charge is 0.269 e. The van der Waals surface area contributed by atoms with Crippen molar-refractivity contribution in [2.24, 2.45) is 0 Å². The number of nitrogens with zero attached hydrogens (tertiary/aromatic N) is 2. The molecule has 4 nitrogen and oxygen atoms in total. The van der Waals surface area contributed by atoms with E-state index >= 15 is 0 Å². The van der Waals surface area contributed by atoms with Gasteiger partial charge in [-0.3, -0.25) is 4.79 Å². The predicted molar refractivity (Wildman–Crippen MR) is 70.8 cm³/mol. The Morgan fingerprint density at radius 3 is 2.80 bits per heavy atom. The molecule has 0 amide bonds. The number of hydrogen-bond donors (Lipinski definition) is 1. The van der Waals surface area contributed by atoms with Gasteiger partial charge in [0, 0.05) is 18.2 Å². The molecule has 20 heavy (non-hydrogen) atoms. The van der Waals surface area contributed by atoms with Crippen LogP contribution in [0, 0.1) is 11.6 Å². The second kappa shape index (κ2) is 5.03. The lowest BCUT2D eigenvalue weighted by atomic mass is 10.1. The molecule has 1 aromatic carbocycles. The van der Waals surface area contributed by atoms with Crippen LogP contribution in [0.2, 0.25) is 0 Å². The summed E-state index contributed by atoms with van der Waals surface area (Å²) < 4.78 is 28.3. The number of aromatic nitrogens is 2. The molecule has 1 aliphatic rings. The molecule has 0 fully saturated rings. The summed E-state index contributed by atoms with van der Waals surface area (Å²) in [6.07, 6.45) is 1.68. The van der Waals surface area contributed by atoms with Crippen molar-refractivity contribution in [3.05, 3.63) is 57.5 Å². The molecule has 0 atom stereocenters. The van der Waals surface area contributed by atoms with Crippen LogP contribution in [0.5, 0.6) is 0 Å². The molecule has 0 radical (unpaired) electrons. The van der Waals surface area contributed by atoms with Gasteiger partial charge < -0.3 is 5.32 Å². The average molecular weight is 277 g/mol. The molecule has 1 aliphatic heterocycles. The van der Waals surface area contributed by atoms with Crippen LogP contribution in [0.1, 0.15) is 17.7 Å². The van der Waals surface area contributed by atoms with E-state index in [1.54, 1.807) is 0 Å². The molecule has 0 saturated carbocycles. The maximum atomic E-state index is 13.6. The van der Waals surface area contributed by atoms with Crippen LogP contribution in [-0.2, 0) is 13.0 Å². The van der Waals surface area contributed by atoms with Crippen LogP contribution >= 0.6 is 0 Å². The van der Waals surface area contributed by atoms with Gasteiger partial charge >= 0.3 is 0 Å². The summed E-state index contributed by atoms with van der Waals surface area (Å²) in [6, 6.07) is 5.06. The van der Waals surface area contributed by atoms with Crippen molar-refractivity contribution in [1.82, 2.24) is 9.78 Å². The molecule has 0 saturated heterocycles. The molecule has 2 heterocycles. The van der Waals surface area contributed by atoms with Crippen molar-refractivity contribution in [2.75, 3.05) is 11.9 Å². The SMILES string of the molecule is O=c1cc2c(nn1Cc1c(F)cccc1F)CCCN2. The monoisotopic (exact) mass is 277 g/mol. The Labute approximate surface area is 114 Å². The van der Waals surface area contributed by atoms with Crippen molar-refractivity contribution >= 4 is 5.69 Å². The van der Waals surface area contributed by atoms with Crippen LogP contribution in [0.15, 0.2) is 29.1 Å². The largest absolute Gasteiger partial charge is 0.383 e. The van der Waals surface area contributed by atoms with E-state index in [9.17, 15) is 13.6 Å². The maximum Gasteiger partial charge on any atom is 0.269 e. The third-order valence-corrected chi connectivity index (χ3v) is 3.35. The minimum Gasteiger partial charge on any atom is -0.383 e. The third kappa shape index (κ3) is 2.29. The van der Waals surface area contributed by atoms with Gasteiger partial charge in [-0.05, 0) is 25.0 Å². The number of hydrogen-bond acceptors (Lipinski definition) is 3. The number of benzene rings is 1. The lowest BCUT2D eigenvalue weighted by Gasteiger charge is -2.18. The van der Waals surface area contributed by atoms with Gasteiger partial charge in [-0.1, -0.05) is 6.07 Å². The zero-order valence-corrected chi connectivity index (χ0v) is 10.7. The molecular formula is C14H13F2N3O. The highest BCUT2D eigenvalue weighted by Gasteiger charge is 2.15. The molecular weight excluding hydrogens is 264 g/mol. The number of fused-ring (bicyclic) bond motifs is 1. The summed E-state index contributed by atoms with van der Waals surface area (Å²) in [4.78, 5) is 11.9. The molecule has 0 spiro atoms. The van der Waals surface area contributed by atoms with Crippen LogP contribution in [-0.4, -0.2) is 16.3 Å². The van der Waals surface area contributed by atoms with Crippen molar-refractivity contribution in [1.29, 1.82) is 0 Å². The first-order valence-electron chi connectivity index (χ1n) is 6.43. The highest BCUT2D eigenvalue weighted by atomic mass is 19.1. The number of aryl methyl sites for hydroxylation is 1. The minimum absolute atomic E-state index is 0.147. The molecule has 0 unspecified atom stereocenters. The van der Waals surface area contributed by atoms with E-state index in [0.29, 0.717) is 5.69 Å². The Hall–Kier alpha value is -2.24. The second-order valence-corrected chi connectivity index (χ2v) is 4.73. The molecule has 2 aromatic rings. The van der Waals surface area contributed by atoms with Crippen LogP contribution in [0.25, 0.3) is 0 Å². The summed E-state index contributed by atoms with van der Waals surface area (Å²) in [5.74, 6) is -1.34. The van der Waals surface area contributed by atoms with Crippen LogP contribution < -0.4 is 10.9 Å². The van der Waals surface area contributed by atoms with Gasteiger partial charge in [-0.15, -0.1) is 0 Å². The van der Waals surface area contributed by atoms with Gasteiger partial charge in [-0.2, -0.15) is 5.10 Å². The highest BCUT2D eigenvalue weighted by Crippen LogP contribution is 2.18. The lowest BCUT2D eigenvalue weighted by Crippen LogP contribution is -2.28. The fourth-order valence-electron chi connectivity index (χ4n) is 2.29. The summed E-state index contributed by atoms with van der Waals surface area (Å²) in [7, 11) is 0. The Morgan fingerprint density at radius 2 is 2.05 bits per heavy atom. The number of rotatable bonds is 2. The van der Waals surface area contributed by atoms with Gasteiger partial charge in [-0.25, -0.2) is 13.5 Å². The minimum atomic E-state index is -0.672. The standard InChI is InChI=1S/C14H13F2N3O/c15-10-3-1-4-11(16)9(10)8-19-14(20)7-13-12(18-19)5-2-6-17-13/h1,3-4,7,17H,2,5-6,8H2. The van der Waals surface area contributed by atoms with Crippen LogP contribution in [0.3, 0.4) is 0 Å². The first-order chi connectivity index (χ1) is 9.65. The van der Waals surface area contributed by atoms with Crippen molar-refractivity contribution < 1.29 is 8.78 Å². The first-order valence-corrected chi connectivity index (χ1v) is 6.43. The average Bonchev–Trinajstić information content (AvgIpc) is 2.43. The van der Waals surface area contributed by atoms with Gasteiger partial charge in [0.2, 0.25) is 0 Å². The molecule has 0 bridgehead atoms. The van der Waals surface area contributed by atoms with Gasteiger partial charge in [0.05, 0.1) is 17.9 Å². The lowest BCUT2D eigenvalue weighted by molar-refractivity contribution is 0.519. The summed E-state index contributed by atoms with van der Waals surface area (Å²) in [5, 5.41) is 7.29. The van der Waals surface area contributed by atoms with E-state index in [1.807, 2.05) is 0 Å². The van der Waals surface area contributed by atoms with Crippen molar-refractivity contribution in [3.63, 3.8) is 0 Å². The number of halogens is 2. The zero-order valence-electron chi connectivity index (χ0n) is 10.7. The van der Waals surface area contributed by atoms with Crippen LogP contribution in [0.4, 0.5) is 14.5 Å². The quantitative estimate of drug-likeness (QED) is 0.912. The maximum absolute atomic E-state index is 13.6. The Kier molecular flexibility index (Phi) is 3.22. The van der Waals surface area contributed by atoms with E-state index < -0.39 is 11.6 Å². The summed E-state index contributed by atoms with van der Waals surface area (Å²) in [6.45, 7) is 0.602. The van der Waals surface area contributed by atoms with E-state index in [4.69, 9.17) is 0 Å². The summed E-state index contributed by atoms with van der Waals surface area (Å²) in [5.41, 5.74) is 0.950. The normalized spacial score (nSPS) is 13.7. The van der Waals surface area contributed by atoms with E-state index in [-0.39, 0.29) is 17.7 Å². The molecule has 3 rings (SSSR count). The predicted octanol–water partition coefficient (Wildman–Crippen LogP) is 1.93. The van der Waals surface area contributed by atoms with E-state index in [0.717, 1.165) is 29.8 Å². The second-order valence-electron chi connectivity index (χ2n) is 4.73. The molecule has 1 aromatic heterocycles. The Morgan fingerprint density at radius 1 is 1.30 bits per heavy atom. The van der Waals surface area contributed by atoms with Gasteiger partial charge in [0.15, 0.2) is 0 Å². The number of anilines is 1. The Balaban J connectivity index is 2.01. The Bertz CT molecular complexity index is 692. The molecule has 6 heteroatoms. The zero-order chi connectivity index (χ0) is 14.1. The number of nitrogens with one attached hydrogen (secondary N) is 1. The molecule has 104 valence electrons. The topological polar surface area (TPSA) is 46.9 Å². The molecule has 1 N–H and O–H groups in total. The van der Waals surface area contributed by atoms with Gasteiger partial charge in [0.1, 0.15) is 11.6 Å². The molecule has 0 aliphatic carbocycles. The van der Waals surface area contributed by atoms with E-state index in [2.05, 4.69) is 10.4 Å². The first kappa shape index (κ1) is 12.8. The van der Waals surface area contributed by atoms with Gasteiger partial charge in [0.25, 0.3) is 5.56 Å². The highest BCUT2D eigenvalue weighted by molar-refractivity contribution is 5.48. The van der Waals surface area contributed by atoms with Crippen molar-refractivity contribution in [3.8, 4) is 0 Å². The fourth-order valence-corrected chi connectivity index (χ4v) is 2.29. The van der Waals surface area contributed by atoms with Crippen molar-refractivity contribution in [2.45, 2.75) is 19.4 Å². The van der Waals surface area contributed by atoms with E-state index in [1.165, 1.54) is 24.3 Å². The third-order valence-electron chi connectivity index (χ3n) is 3.35.